The van der Waals surface area contributed by atoms with E-state index < -0.39 is 24.8 Å². The van der Waals surface area contributed by atoms with Crippen LogP contribution in [0.1, 0.15) is 11.1 Å². The second kappa shape index (κ2) is 3.76. The monoisotopic (exact) mass is 232 g/mol. The predicted octanol–water partition coefficient (Wildman–Crippen LogP) is 0.954. The minimum atomic E-state index is -1.18. The smallest absolute Gasteiger partial charge is 0.167 e. The molecule has 0 saturated carbocycles. The van der Waals surface area contributed by atoms with Gasteiger partial charge >= 0.3 is 0 Å². The summed E-state index contributed by atoms with van der Waals surface area (Å²) in [6.45, 7) is -1.31. The van der Waals surface area contributed by atoms with Gasteiger partial charge in [0.1, 0.15) is 11.0 Å². The fraction of sp³-hybridized carbons (Fsp3) is 0.250. The van der Waals surface area contributed by atoms with E-state index in [1.165, 1.54) is 0 Å². The third-order valence-corrected chi connectivity index (χ3v) is 2.63. The molecule has 2 N–H and O–H groups in total. The van der Waals surface area contributed by atoms with Crippen molar-refractivity contribution in [2.75, 3.05) is 0 Å². The summed E-state index contributed by atoms with van der Waals surface area (Å²) in [6, 6.07) is 0. The van der Waals surface area contributed by atoms with Gasteiger partial charge in [0, 0.05) is 11.1 Å². The van der Waals surface area contributed by atoms with E-state index >= 15 is 0 Å². The third-order valence-electron chi connectivity index (χ3n) is 2.10. The summed E-state index contributed by atoms with van der Waals surface area (Å²) in [5, 5.41) is 17.8. The highest BCUT2D eigenvalue weighted by Crippen LogP contribution is 2.27. The van der Waals surface area contributed by atoms with Gasteiger partial charge in [0.05, 0.1) is 24.9 Å². The van der Waals surface area contributed by atoms with E-state index in [-0.39, 0.29) is 22.2 Å². The lowest BCUT2D eigenvalue weighted by atomic mass is 10.1. The molecule has 0 aliphatic carbocycles. The summed E-state index contributed by atoms with van der Waals surface area (Å²) in [7, 11) is 0. The summed E-state index contributed by atoms with van der Waals surface area (Å²) in [5.74, 6) is -2.36. The highest BCUT2D eigenvalue weighted by atomic mass is 32.1. The molecule has 0 atom stereocenters. The Bertz CT molecular complexity index is 471. The van der Waals surface area contributed by atoms with Crippen LogP contribution in [-0.4, -0.2) is 19.0 Å². The SMILES string of the molecule is OCc1c(F)c(F)c(CO)c2nsnc12. The Morgan fingerprint density at radius 1 is 0.933 bits per heavy atom. The summed E-state index contributed by atoms with van der Waals surface area (Å²) in [6.07, 6.45) is 0. The Kier molecular flexibility index (Phi) is 2.59. The van der Waals surface area contributed by atoms with Crippen molar-refractivity contribution < 1.29 is 19.0 Å². The van der Waals surface area contributed by atoms with Crippen molar-refractivity contribution in [3.63, 3.8) is 0 Å². The van der Waals surface area contributed by atoms with Gasteiger partial charge < -0.3 is 10.2 Å². The van der Waals surface area contributed by atoms with E-state index in [1.807, 2.05) is 0 Å². The number of hydrogen-bond acceptors (Lipinski definition) is 5. The molecule has 1 aromatic heterocycles. The molecule has 80 valence electrons. The molecule has 4 nitrogen and oxygen atoms in total. The Morgan fingerprint density at radius 3 is 1.67 bits per heavy atom. The van der Waals surface area contributed by atoms with Crippen molar-refractivity contribution in [1.29, 1.82) is 0 Å². The average molecular weight is 232 g/mol. The topological polar surface area (TPSA) is 66.2 Å². The molecule has 0 bridgehead atoms. The molecule has 0 fully saturated rings. The van der Waals surface area contributed by atoms with Gasteiger partial charge in [-0.05, 0) is 0 Å². The number of aliphatic hydroxyl groups is 2. The van der Waals surface area contributed by atoms with Gasteiger partial charge in [0.25, 0.3) is 0 Å². The van der Waals surface area contributed by atoms with Crippen molar-refractivity contribution in [2.24, 2.45) is 0 Å². The lowest BCUT2D eigenvalue weighted by Gasteiger charge is -2.05. The molecule has 1 heterocycles. The fourth-order valence-electron chi connectivity index (χ4n) is 1.35. The number of nitrogens with zero attached hydrogens (tertiary/aromatic N) is 2. The van der Waals surface area contributed by atoms with E-state index in [0.717, 1.165) is 11.7 Å². The second-order valence-electron chi connectivity index (χ2n) is 2.86. The molecule has 15 heavy (non-hydrogen) atoms. The largest absolute Gasteiger partial charge is 0.391 e. The van der Waals surface area contributed by atoms with Gasteiger partial charge in [0.15, 0.2) is 11.6 Å². The van der Waals surface area contributed by atoms with Crippen LogP contribution in [0.15, 0.2) is 0 Å². The fourth-order valence-corrected chi connectivity index (χ4v) is 1.94. The third kappa shape index (κ3) is 1.39. The average Bonchev–Trinajstić information content (AvgIpc) is 2.69. The summed E-state index contributed by atoms with van der Waals surface area (Å²) in [5.41, 5.74) is -0.252. The molecule has 0 aliphatic heterocycles. The maximum atomic E-state index is 13.3. The van der Waals surface area contributed by atoms with E-state index in [9.17, 15) is 8.78 Å². The van der Waals surface area contributed by atoms with Gasteiger partial charge in [-0.3, -0.25) is 0 Å². The number of aliphatic hydroxyl groups excluding tert-OH is 2. The molecule has 0 aliphatic rings. The molecule has 2 aromatic rings. The van der Waals surface area contributed by atoms with Crippen LogP contribution in [0.25, 0.3) is 11.0 Å². The zero-order chi connectivity index (χ0) is 11.0. The first kappa shape index (κ1) is 10.3. The predicted molar refractivity (Wildman–Crippen MR) is 49.2 cm³/mol. The summed E-state index contributed by atoms with van der Waals surface area (Å²) in [4.78, 5) is 0. The Balaban J connectivity index is 2.91. The van der Waals surface area contributed by atoms with E-state index in [2.05, 4.69) is 8.75 Å². The highest BCUT2D eigenvalue weighted by molar-refractivity contribution is 7.00. The van der Waals surface area contributed by atoms with E-state index in [4.69, 9.17) is 10.2 Å². The van der Waals surface area contributed by atoms with Crippen molar-refractivity contribution in [3.8, 4) is 0 Å². The molecular formula is C8H6F2N2O2S. The molecule has 0 radical (unpaired) electrons. The van der Waals surface area contributed by atoms with Crippen LogP contribution in [0.3, 0.4) is 0 Å². The molecule has 0 amide bonds. The van der Waals surface area contributed by atoms with Crippen LogP contribution in [-0.2, 0) is 13.2 Å². The maximum Gasteiger partial charge on any atom is 0.167 e. The summed E-state index contributed by atoms with van der Waals surface area (Å²) < 4.78 is 34.2. The molecule has 0 unspecified atom stereocenters. The number of benzene rings is 1. The highest BCUT2D eigenvalue weighted by Gasteiger charge is 2.21. The second-order valence-corrected chi connectivity index (χ2v) is 3.39. The quantitative estimate of drug-likeness (QED) is 0.809. The van der Waals surface area contributed by atoms with E-state index in [0.29, 0.717) is 0 Å². The van der Waals surface area contributed by atoms with Gasteiger partial charge in [-0.2, -0.15) is 8.75 Å². The number of fused-ring (bicyclic) bond motifs is 1. The van der Waals surface area contributed by atoms with Crippen LogP contribution in [0.5, 0.6) is 0 Å². The lowest BCUT2D eigenvalue weighted by Crippen LogP contribution is -2.02. The maximum absolute atomic E-state index is 13.3. The van der Waals surface area contributed by atoms with Gasteiger partial charge in [-0.25, -0.2) is 8.78 Å². The van der Waals surface area contributed by atoms with Crippen molar-refractivity contribution in [3.05, 3.63) is 22.8 Å². The molecule has 7 heteroatoms. The molecular weight excluding hydrogens is 226 g/mol. The molecule has 1 aromatic carbocycles. The van der Waals surface area contributed by atoms with E-state index in [1.54, 1.807) is 0 Å². The van der Waals surface area contributed by atoms with Gasteiger partial charge in [-0.1, -0.05) is 0 Å². The minimum Gasteiger partial charge on any atom is -0.391 e. The van der Waals surface area contributed by atoms with Crippen LogP contribution >= 0.6 is 11.7 Å². The number of hydrogen-bond donors (Lipinski definition) is 2. The zero-order valence-electron chi connectivity index (χ0n) is 7.37. The Morgan fingerprint density at radius 2 is 1.33 bits per heavy atom. The number of halogens is 2. The molecule has 0 saturated heterocycles. The van der Waals surface area contributed by atoms with Gasteiger partial charge in [-0.15, -0.1) is 0 Å². The normalized spacial score (nSPS) is 11.2. The Labute approximate surface area is 87.1 Å². The van der Waals surface area contributed by atoms with Crippen LogP contribution < -0.4 is 0 Å². The van der Waals surface area contributed by atoms with Gasteiger partial charge in [0.2, 0.25) is 0 Å². The molecule has 2 rings (SSSR count). The lowest BCUT2D eigenvalue weighted by molar-refractivity contribution is 0.266. The van der Waals surface area contributed by atoms with Crippen LogP contribution in [0.2, 0.25) is 0 Å². The minimum absolute atomic E-state index is 0.102. The number of rotatable bonds is 2. The van der Waals surface area contributed by atoms with Crippen LogP contribution in [0, 0.1) is 11.6 Å². The van der Waals surface area contributed by atoms with Crippen molar-refractivity contribution in [1.82, 2.24) is 8.75 Å². The first-order valence-corrected chi connectivity index (χ1v) is 4.76. The first-order chi connectivity index (χ1) is 7.20. The number of aromatic nitrogens is 2. The van der Waals surface area contributed by atoms with Crippen molar-refractivity contribution in [2.45, 2.75) is 13.2 Å². The first-order valence-electron chi connectivity index (χ1n) is 4.03. The zero-order valence-corrected chi connectivity index (χ0v) is 8.18. The Hall–Kier alpha value is -1.18. The van der Waals surface area contributed by atoms with Crippen molar-refractivity contribution >= 4 is 22.8 Å². The molecule has 0 spiro atoms. The summed E-state index contributed by atoms with van der Waals surface area (Å²) >= 11 is 0.774. The standard InChI is InChI=1S/C8H6F2N2O2S/c9-5-3(1-13)7-8(12-15-11-7)4(2-14)6(5)10/h13-14H,1-2H2. The van der Waals surface area contributed by atoms with Crippen LogP contribution in [0.4, 0.5) is 8.78 Å².